The van der Waals surface area contributed by atoms with E-state index in [9.17, 15) is 13.2 Å². The maximum absolute atomic E-state index is 12.2. The first-order valence-corrected chi connectivity index (χ1v) is 6.98. The Morgan fingerprint density at radius 2 is 2.00 bits per heavy atom. The maximum Gasteiger partial charge on any atom is 0.390 e. The van der Waals surface area contributed by atoms with Gasteiger partial charge in [-0.25, -0.2) is 4.98 Å². The number of nitrogens with zero attached hydrogens (tertiary/aromatic N) is 2. The van der Waals surface area contributed by atoms with Crippen molar-refractivity contribution in [3.63, 3.8) is 0 Å². The fourth-order valence-electron chi connectivity index (χ4n) is 1.43. The molecule has 0 aromatic carbocycles. The van der Waals surface area contributed by atoms with E-state index in [0.717, 1.165) is 10.6 Å². The van der Waals surface area contributed by atoms with E-state index in [0.29, 0.717) is 17.7 Å². The van der Waals surface area contributed by atoms with Crippen LogP contribution in [-0.4, -0.2) is 30.8 Å². The van der Waals surface area contributed by atoms with Gasteiger partial charge in [0, 0.05) is 31.1 Å². The van der Waals surface area contributed by atoms with Crippen molar-refractivity contribution in [2.45, 2.75) is 46.0 Å². The molecule has 19 heavy (non-hydrogen) atoms. The molecular formula is C12H20F3N3S. The molecule has 0 aliphatic heterocycles. The summed E-state index contributed by atoms with van der Waals surface area (Å²) in [6.07, 6.45) is -4.94. The number of nitrogens with one attached hydrogen (secondary N) is 1. The molecule has 110 valence electrons. The molecule has 0 atom stereocenters. The lowest BCUT2D eigenvalue weighted by molar-refractivity contribution is -0.132. The van der Waals surface area contributed by atoms with E-state index in [1.165, 1.54) is 11.3 Å². The van der Waals surface area contributed by atoms with Crippen LogP contribution in [0.4, 0.5) is 18.3 Å². The van der Waals surface area contributed by atoms with Crippen LogP contribution in [0.5, 0.6) is 0 Å². The fourth-order valence-corrected chi connectivity index (χ4v) is 2.43. The molecule has 1 rings (SSSR count). The van der Waals surface area contributed by atoms with Gasteiger partial charge in [-0.05, 0) is 6.92 Å². The highest BCUT2D eigenvalue weighted by atomic mass is 32.1. The van der Waals surface area contributed by atoms with E-state index in [1.54, 1.807) is 11.9 Å². The zero-order valence-electron chi connectivity index (χ0n) is 11.6. The Hall–Kier alpha value is -0.820. The van der Waals surface area contributed by atoms with E-state index in [1.807, 2.05) is 20.8 Å². The average molecular weight is 295 g/mol. The quantitative estimate of drug-likeness (QED) is 0.872. The summed E-state index contributed by atoms with van der Waals surface area (Å²) < 4.78 is 36.5. The lowest BCUT2D eigenvalue weighted by Crippen LogP contribution is -2.23. The molecule has 1 aromatic heterocycles. The summed E-state index contributed by atoms with van der Waals surface area (Å²) in [6.45, 7) is 6.62. The number of anilines is 1. The molecule has 0 fully saturated rings. The highest BCUT2D eigenvalue weighted by Crippen LogP contribution is 2.27. The highest BCUT2D eigenvalue weighted by Gasteiger charge is 2.27. The van der Waals surface area contributed by atoms with Crippen molar-refractivity contribution in [1.29, 1.82) is 0 Å². The number of halogens is 3. The van der Waals surface area contributed by atoms with Crippen LogP contribution in [0.3, 0.4) is 0 Å². The predicted octanol–water partition coefficient (Wildman–Crippen LogP) is 3.34. The first-order chi connectivity index (χ1) is 8.69. The van der Waals surface area contributed by atoms with Crippen molar-refractivity contribution in [3.8, 4) is 0 Å². The topological polar surface area (TPSA) is 28.2 Å². The van der Waals surface area contributed by atoms with Crippen LogP contribution in [-0.2, 0) is 6.54 Å². The lowest BCUT2D eigenvalue weighted by Gasteiger charge is -2.16. The molecule has 7 heteroatoms. The molecule has 0 aliphatic rings. The molecule has 0 saturated heterocycles. The van der Waals surface area contributed by atoms with Gasteiger partial charge in [0.2, 0.25) is 0 Å². The molecule has 1 aromatic rings. The Morgan fingerprint density at radius 3 is 2.53 bits per heavy atom. The molecule has 1 heterocycles. The van der Waals surface area contributed by atoms with Crippen LogP contribution in [0.15, 0.2) is 0 Å². The molecule has 3 nitrogen and oxygen atoms in total. The van der Waals surface area contributed by atoms with Crippen molar-refractivity contribution in [2.24, 2.45) is 0 Å². The average Bonchev–Trinajstić information content (AvgIpc) is 2.64. The van der Waals surface area contributed by atoms with E-state index < -0.39 is 12.6 Å². The largest absolute Gasteiger partial charge is 0.390 e. The number of aromatic nitrogens is 1. The second-order valence-corrected chi connectivity index (χ2v) is 5.89. The summed E-state index contributed by atoms with van der Waals surface area (Å²) in [4.78, 5) is 6.96. The summed E-state index contributed by atoms with van der Waals surface area (Å²) in [5.41, 5.74) is 0.881. The van der Waals surface area contributed by atoms with Crippen molar-refractivity contribution in [2.75, 3.05) is 18.5 Å². The monoisotopic (exact) mass is 295 g/mol. The highest BCUT2D eigenvalue weighted by molar-refractivity contribution is 7.15. The van der Waals surface area contributed by atoms with Crippen LogP contribution >= 0.6 is 11.3 Å². The molecule has 0 radical (unpaired) electrons. The molecule has 1 N–H and O–H groups in total. The van der Waals surface area contributed by atoms with Gasteiger partial charge >= 0.3 is 6.18 Å². The Kier molecular flexibility index (Phi) is 5.61. The number of aryl methyl sites for hydroxylation is 1. The van der Waals surface area contributed by atoms with Gasteiger partial charge in [0.25, 0.3) is 0 Å². The molecule has 0 amide bonds. The van der Waals surface area contributed by atoms with Crippen LogP contribution in [0.25, 0.3) is 0 Å². The predicted molar refractivity (Wildman–Crippen MR) is 72.8 cm³/mol. The number of rotatable bonds is 6. The van der Waals surface area contributed by atoms with Gasteiger partial charge < -0.3 is 10.2 Å². The third-order valence-electron chi connectivity index (χ3n) is 2.61. The van der Waals surface area contributed by atoms with Gasteiger partial charge in [-0.3, -0.25) is 0 Å². The molecular weight excluding hydrogens is 275 g/mol. The molecule has 0 bridgehead atoms. The summed E-state index contributed by atoms with van der Waals surface area (Å²) in [5.74, 6) is 0. The first-order valence-electron chi connectivity index (χ1n) is 6.16. The van der Waals surface area contributed by atoms with Crippen molar-refractivity contribution in [1.82, 2.24) is 10.3 Å². The van der Waals surface area contributed by atoms with Gasteiger partial charge in [0.05, 0.1) is 12.1 Å². The minimum Gasteiger partial charge on any atom is -0.351 e. The molecule has 0 aliphatic carbocycles. The lowest BCUT2D eigenvalue weighted by atomic mass is 10.3. The summed E-state index contributed by atoms with van der Waals surface area (Å²) >= 11 is 1.45. The van der Waals surface area contributed by atoms with Crippen LogP contribution in [0.1, 0.15) is 30.8 Å². The zero-order valence-corrected chi connectivity index (χ0v) is 12.5. The summed E-state index contributed by atoms with van der Waals surface area (Å²) in [5, 5.41) is 3.92. The van der Waals surface area contributed by atoms with Gasteiger partial charge in [0.1, 0.15) is 0 Å². The third-order valence-corrected chi connectivity index (χ3v) is 3.88. The Labute approximate surface area is 115 Å². The van der Waals surface area contributed by atoms with Crippen LogP contribution < -0.4 is 10.2 Å². The Bertz CT molecular complexity index is 401. The normalized spacial score (nSPS) is 12.2. The number of alkyl halides is 3. The van der Waals surface area contributed by atoms with E-state index in [-0.39, 0.29) is 6.54 Å². The van der Waals surface area contributed by atoms with E-state index >= 15 is 0 Å². The van der Waals surface area contributed by atoms with Gasteiger partial charge in [-0.15, -0.1) is 11.3 Å². The molecule has 0 unspecified atom stereocenters. The van der Waals surface area contributed by atoms with E-state index in [2.05, 4.69) is 10.3 Å². The van der Waals surface area contributed by atoms with Gasteiger partial charge in [-0.2, -0.15) is 13.2 Å². The summed E-state index contributed by atoms with van der Waals surface area (Å²) in [7, 11) is 1.64. The maximum atomic E-state index is 12.2. The second kappa shape index (κ2) is 6.56. The number of thiazole rings is 1. The standard InChI is InChI=1S/C12H20F3N3S/c1-8(2)16-7-10-9(3)17-11(19-10)18(4)6-5-12(13,14)15/h8,16H,5-7H2,1-4H3. The fraction of sp³-hybridized carbons (Fsp3) is 0.750. The first kappa shape index (κ1) is 16.2. The van der Waals surface area contributed by atoms with E-state index in [4.69, 9.17) is 0 Å². The second-order valence-electron chi connectivity index (χ2n) is 4.83. The minimum absolute atomic E-state index is 0.0620. The smallest absolute Gasteiger partial charge is 0.351 e. The van der Waals surface area contributed by atoms with Crippen LogP contribution in [0, 0.1) is 6.92 Å². The van der Waals surface area contributed by atoms with Crippen molar-refractivity contribution >= 4 is 16.5 Å². The third kappa shape index (κ3) is 5.78. The number of hydrogen-bond acceptors (Lipinski definition) is 4. The Balaban J connectivity index is 2.61. The Morgan fingerprint density at radius 1 is 1.37 bits per heavy atom. The van der Waals surface area contributed by atoms with Crippen molar-refractivity contribution < 1.29 is 13.2 Å². The zero-order chi connectivity index (χ0) is 14.6. The molecule has 0 saturated carbocycles. The van der Waals surface area contributed by atoms with Gasteiger partial charge in [-0.1, -0.05) is 13.8 Å². The van der Waals surface area contributed by atoms with Crippen LogP contribution in [0.2, 0.25) is 0 Å². The van der Waals surface area contributed by atoms with Gasteiger partial charge in [0.15, 0.2) is 5.13 Å². The van der Waals surface area contributed by atoms with Crippen molar-refractivity contribution in [3.05, 3.63) is 10.6 Å². The minimum atomic E-state index is -4.12. The molecule has 0 spiro atoms. The summed E-state index contributed by atoms with van der Waals surface area (Å²) in [6, 6.07) is 0.368. The SMILES string of the molecule is Cc1nc(N(C)CCC(F)(F)F)sc1CNC(C)C. The number of hydrogen-bond donors (Lipinski definition) is 1.